The lowest BCUT2D eigenvalue weighted by Crippen LogP contribution is -2.27. The van der Waals surface area contributed by atoms with Crippen LogP contribution in [-0.4, -0.2) is 42.4 Å². The fourth-order valence-electron chi connectivity index (χ4n) is 1.48. The summed E-state index contributed by atoms with van der Waals surface area (Å²) in [7, 11) is 0. The summed E-state index contributed by atoms with van der Waals surface area (Å²) < 4.78 is 4.87. The lowest BCUT2D eigenvalue weighted by atomic mass is 10.3. The van der Waals surface area contributed by atoms with Gasteiger partial charge in [-0.3, -0.25) is 0 Å². The summed E-state index contributed by atoms with van der Waals surface area (Å²) in [6.45, 7) is 6.85. The van der Waals surface area contributed by atoms with Crippen molar-refractivity contribution in [2.24, 2.45) is 0 Å². The van der Waals surface area contributed by atoms with Crippen molar-refractivity contribution in [1.82, 2.24) is 4.98 Å². The third kappa shape index (κ3) is 3.85. The Balaban J connectivity index is 2.79. The molecule has 18 heavy (non-hydrogen) atoms. The van der Waals surface area contributed by atoms with Gasteiger partial charge in [-0.15, -0.1) is 6.58 Å². The van der Waals surface area contributed by atoms with Gasteiger partial charge in [-0.2, -0.15) is 0 Å². The summed E-state index contributed by atoms with van der Waals surface area (Å²) in [5.41, 5.74) is 0.420. The van der Waals surface area contributed by atoms with E-state index in [4.69, 9.17) is 9.84 Å². The number of ether oxygens (including phenoxy) is 1. The van der Waals surface area contributed by atoms with E-state index in [1.54, 1.807) is 25.1 Å². The zero-order chi connectivity index (χ0) is 13.4. The number of pyridine rings is 1. The molecule has 0 aliphatic rings. The molecule has 0 saturated carbocycles. The summed E-state index contributed by atoms with van der Waals surface area (Å²) in [5.74, 6) is 0.311. The highest BCUT2D eigenvalue weighted by atomic mass is 16.5. The van der Waals surface area contributed by atoms with Gasteiger partial charge in [0.05, 0.1) is 18.8 Å². The maximum atomic E-state index is 11.4. The molecule has 0 bridgehead atoms. The Morgan fingerprint density at radius 3 is 2.89 bits per heavy atom. The van der Waals surface area contributed by atoms with Crippen molar-refractivity contribution in [3.8, 4) is 0 Å². The Labute approximate surface area is 107 Å². The van der Waals surface area contributed by atoms with E-state index in [2.05, 4.69) is 11.6 Å². The molecule has 1 aromatic rings. The molecule has 0 unspecified atom stereocenters. The number of anilines is 1. The Hall–Kier alpha value is -1.88. The van der Waals surface area contributed by atoms with Gasteiger partial charge in [0.25, 0.3) is 0 Å². The number of hydrogen-bond donors (Lipinski definition) is 1. The Morgan fingerprint density at radius 1 is 1.61 bits per heavy atom. The first-order valence-electron chi connectivity index (χ1n) is 5.82. The number of aliphatic hydroxyl groups is 1. The van der Waals surface area contributed by atoms with Gasteiger partial charge in [0.1, 0.15) is 5.82 Å². The molecule has 5 nitrogen and oxygen atoms in total. The van der Waals surface area contributed by atoms with Crippen LogP contribution >= 0.6 is 0 Å². The molecule has 0 fully saturated rings. The molecule has 0 spiro atoms. The zero-order valence-electron chi connectivity index (χ0n) is 10.5. The molecule has 1 aromatic heterocycles. The molecular weight excluding hydrogens is 232 g/mol. The smallest absolute Gasteiger partial charge is 0.339 e. The number of aromatic nitrogens is 1. The van der Waals surface area contributed by atoms with E-state index in [9.17, 15) is 4.79 Å². The Bertz CT molecular complexity index is 390. The highest BCUT2D eigenvalue weighted by Crippen LogP contribution is 2.11. The Morgan fingerprint density at radius 2 is 2.39 bits per heavy atom. The van der Waals surface area contributed by atoms with Crippen molar-refractivity contribution < 1.29 is 14.6 Å². The van der Waals surface area contributed by atoms with Crippen LogP contribution in [0.4, 0.5) is 5.82 Å². The van der Waals surface area contributed by atoms with Crippen LogP contribution in [0.2, 0.25) is 0 Å². The van der Waals surface area contributed by atoms with E-state index in [0.717, 1.165) is 0 Å². The van der Waals surface area contributed by atoms with Crippen LogP contribution < -0.4 is 4.90 Å². The number of carbonyl (C=O) groups excluding carboxylic acids is 1. The minimum Gasteiger partial charge on any atom is -0.462 e. The standard InChI is InChI=1S/C13H18N2O3/c1-3-7-15(8-9-16)12-6-5-11(10-14-12)13(17)18-4-2/h3,5-6,10,16H,1,4,7-9H2,2H3. The third-order valence-corrected chi connectivity index (χ3v) is 2.30. The first-order valence-corrected chi connectivity index (χ1v) is 5.82. The molecule has 0 aromatic carbocycles. The third-order valence-electron chi connectivity index (χ3n) is 2.30. The monoisotopic (exact) mass is 250 g/mol. The topological polar surface area (TPSA) is 62.7 Å². The lowest BCUT2D eigenvalue weighted by molar-refractivity contribution is 0.0526. The van der Waals surface area contributed by atoms with Crippen LogP contribution in [-0.2, 0) is 4.74 Å². The van der Waals surface area contributed by atoms with Crippen molar-refractivity contribution in [2.45, 2.75) is 6.92 Å². The van der Waals surface area contributed by atoms with Crippen molar-refractivity contribution in [3.05, 3.63) is 36.5 Å². The zero-order valence-corrected chi connectivity index (χ0v) is 10.5. The molecular formula is C13H18N2O3. The first kappa shape index (κ1) is 14.2. The van der Waals surface area contributed by atoms with Crippen LogP contribution in [0.5, 0.6) is 0 Å². The number of rotatable bonds is 7. The van der Waals surface area contributed by atoms with E-state index in [-0.39, 0.29) is 12.6 Å². The van der Waals surface area contributed by atoms with Gasteiger partial charge in [-0.05, 0) is 19.1 Å². The van der Waals surface area contributed by atoms with Crippen molar-refractivity contribution in [2.75, 3.05) is 31.2 Å². The van der Waals surface area contributed by atoms with Crippen LogP contribution in [0.15, 0.2) is 31.0 Å². The number of hydrogen-bond acceptors (Lipinski definition) is 5. The van der Waals surface area contributed by atoms with Crippen LogP contribution in [0.25, 0.3) is 0 Å². The molecule has 0 atom stereocenters. The highest BCUT2D eigenvalue weighted by Gasteiger charge is 2.09. The second-order valence-corrected chi connectivity index (χ2v) is 3.58. The minimum atomic E-state index is -0.381. The number of aliphatic hydroxyl groups excluding tert-OH is 1. The molecule has 5 heteroatoms. The highest BCUT2D eigenvalue weighted by molar-refractivity contribution is 5.89. The average molecular weight is 250 g/mol. The number of esters is 1. The summed E-state index contributed by atoms with van der Waals surface area (Å²) >= 11 is 0. The fraction of sp³-hybridized carbons (Fsp3) is 0.385. The molecule has 0 aliphatic heterocycles. The summed E-state index contributed by atoms with van der Waals surface area (Å²) in [5, 5.41) is 8.96. The molecule has 0 aliphatic carbocycles. The van der Waals surface area contributed by atoms with E-state index < -0.39 is 0 Å². The largest absolute Gasteiger partial charge is 0.462 e. The maximum absolute atomic E-state index is 11.4. The average Bonchev–Trinajstić information content (AvgIpc) is 2.39. The maximum Gasteiger partial charge on any atom is 0.339 e. The number of nitrogens with zero attached hydrogens (tertiary/aromatic N) is 2. The molecule has 1 N–H and O–H groups in total. The van der Waals surface area contributed by atoms with Crippen LogP contribution in [0.3, 0.4) is 0 Å². The van der Waals surface area contributed by atoms with Gasteiger partial charge < -0.3 is 14.7 Å². The lowest BCUT2D eigenvalue weighted by Gasteiger charge is -2.20. The van der Waals surface area contributed by atoms with Gasteiger partial charge in [0, 0.05) is 19.3 Å². The molecule has 98 valence electrons. The van der Waals surface area contributed by atoms with Crippen LogP contribution in [0, 0.1) is 0 Å². The van der Waals surface area contributed by atoms with Gasteiger partial charge in [-0.1, -0.05) is 6.08 Å². The van der Waals surface area contributed by atoms with Gasteiger partial charge in [0.15, 0.2) is 0 Å². The van der Waals surface area contributed by atoms with Crippen molar-refractivity contribution >= 4 is 11.8 Å². The molecule has 1 heterocycles. The quantitative estimate of drug-likeness (QED) is 0.583. The fourth-order valence-corrected chi connectivity index (χ4v) is 1.48. The normalized spacial score (nSPS) is 9.89. The summed E-state index contributed by atoms with van der Waals surface area (Å²) in [6, 6.07) is 3.39. The first-order chi connectivity index (χ1) is 8.72. The van der Waals surface area contributed by atoms with Crippen molar-refractivity contribution in [3.63, 3.8) is 0 Å². The minimum absolute atomic E-state index is 0.0369. The van der Waals surface area contributed by atoms with Gasteiger partial charge >= 0.3 is 5.97 Å². The van der Waals surface area contributed by atoms with E-state index >= 15 is 0 Å². The SMILES string of the molecule is C=CCN(CCO)c1ccc(C(=O)OCC)cn1. The van der Waals surface area contributed by atoms with Crippen LogP contribution in [0.1, 0.15) is 17.3 Å². The van der Waals surface area contributed by atoms with E-state index in [1.165, 1.54) is 6.20 Å². The number of carbonyl (C=O) groups is 1. The molecule has 0 radical (unpaired) electrons. The van der Waals surface area contributed by atoms with Gasteiger partial charge in [0.2, 0.25) is 0 Å². The second kappa shape index (κ2) is 7.45. The summed E-state index contributed by atoms with van der Waals surface area (Å²) in [6.07, 6.45) is 3.21. The molecule has 1 rings (SSSR count). The van der Waals surface area contributed by atoms with Crippen molar-refractivity contribution in [1.29, 1.82) is 0 Å². The molecule has 0 saturated heterocycles. The predicted octanol–water partition coefficient (Wildman–Crippen LogP) is 1.24. The summed E-state index contributed by atoms with van der Waals surface area (Å²) in [4.78, 5) is 17.5. The predicted molar refractivity (Wildman–Crippen MR) is 69.7 cm³/mol. The van der Waals surface area contributed by atoms with E-state index in [1.807, 2.05) is 4.90 Å². The van der Waals surface area contributed by atoms with E-state index in [0.29, 0.717) is 31.1 Å². The van der Waals surface area contributed by atoms with Gasteiger partial charge in [-0.25, -0.2) is 9.78 Å². The molecule has 0 amide bonds. The second-order valence-electron chi connectivity index (χ2n) is 3.58. The Kier molecular flexibility index (Phi) is 5.87.